The molecule has 1 aromatic carbocycles. The maximum Gasteiger partial charge on any atom is 0.322 e. The van der Waals surface area contributed by atoms with E-state index < -0.39 is 24.9 Å². The molecule has 1 heterocycles. The number of anilines is 1. The number of nitrogens with zero attached hydrogens (tertiary/aromatic N) is 1. The van der Waals surface area contributed by atoms with E-state index in [1.165, 1.54) is 6.07 Å². The average molecular weight is 332 g/mol. The third-order valence-corrected chi connectivity index (χ3v) is 3.69. The molecule has 2 amide bonds. The molecule has 1 aromatic rings. The first kappa shape index (κ1) is 17.4. The third kappa shape index (κ3) is 4.51. The summed E-state index contributed by atoms with van der Waals surface area (Å²) >= 11 is 0. The molecule has 23 heavy (non-hydrogen) atoms. The Hall–Kier alpha value is -1.96. The largest absolute Gasteiger partial charge is 0.485 e. The van der Waals surface area contributed by atoms with Gasteiger partial charge < -0.3 is 19.7 Å². The van der Waals surface area contributed by atoms with Crippen molar-refractivity contribution >= 4 is 11.7 Å². The van der Waals surface area contributed by atoms with E-state index in [9.17, 15) is 18.0 Å². The van der Waals surface area contributed by atoms with Crippen LogP contribution in [0.5, 0.6) is 5.75 Å². The molecule has 2 rings (SSSR count). The monoisotopic (exact) mass is 332 g/mol. The molecule has 1 saturated heterocycles. The number of carbonyl (C=O) groups excluding carboxylic acids is 1. The first-order valence-electron chi connectivity index (χ1n) is 7.28. The quantitative estimate of drug-likeness (QED) is 0.922. The van der Waals surface area contributed by atoms with Crippen LogP contribution in [0, 0.1) is 5.82 Å². The molecule has 1 aliphatic rings. The van der Waals surface area contributed by atoms with Gasteiger partial charge in [-0.25, -0.2) is 18.0 Å². The van der Waals surface area contributed by atoms with Crippen molar-refractivity contribution in [1.82, 2.24) is 4.90 Å². The first-order chi connectivity index (χ1) is 10.9. The number of morpholine rings is 1. The number of hydrogen-bond donors (Lipinski definition) is 1. The SMILES string of the molecule is C[C@H]1OCCN(C(=O)Nc2ccc(F)cc2OCC(F)F)[C@H]1C. The Kier molecular flexibility index (Phi) is 5.70. The van der Waals surface area contributed by atoms with Gasteiger partial charge in [0.25, 0.3) is 6.43 Å². The predicted octanol–water partition coefficient (Wildman–Crippen LogP) is 3.11. The summed E-state index contributed by atoms with van der Waals surface area (Å²) in [6, 6.07) is 2.80. The Balaban J connectivity index is 2.10. The Morgan fingerprint density at radius 1 is 1.48 bits per heavy atom. The van der Waals surface area contributed by atoms with Crippen LogP contribution in [-0.2, 0) is 4.74 Å². The number of hydrogen-bond acceptors (Lipinski definition) is 3. The van der Waals surface area contributed by atoms with Crippen molar-refractivity contribution in [3.63, 3.8) is 0 Å². The fraction of sp³-hybridized carbons (Fsp3) is 0.533. The molecule has 2 atom stereocenters. The summed E-state index contributed by atoms with van der Waals surface area (Å²) in [4.78, 5) is 13.9. The van der Waals surface area contributed by atoms with Crippen LogP contribution in [0.2, 0.25) is 0 Å². The van der Waals surface area contributed by atoms with Gasteiger partial charge in [-0.05, 0) is 26.0 Å². The number of rotatable bonds is 4. The van der Waals surface area contributed by atoms with Crippen LogP contribution in [0.15, 0.2) is 18.2 Å². The molecule has 0 aliphatic carbocycles. The van der Waals surface area contributed by atoms with Crippen molar-refractivity contribution in [2.75, 3.05) is 25.1 Å². The molecule has 1 fully saturated rings. The zero-order valence-corrected chi connectivity index (χ0v) is 12.9. The van der Waals surface area contributed by atoms with Crippen LogP contribution in [0.4, 0.5) is 23.7 Å². The molecule has 8 heteroatoms. The molecule has 0 unspecified atom stereocenters. The molecular formula is C15H19F3N2O3. The first-order valence-corrected chi connectivity index (χ1v) is 7.28. The summed E-state index contributed by atoms with van der Waals surface area (Å²) in [6.07, 6.45) is -2.81. The van der Waals surface area contributed by atoms with Gasteiger partial charge in [-0.15, -0.1) is 0 Å². The molecule has 5 nitrogen and oxygen atoms in total. The normalized spacial score (nSPS) is 21.4. The standard InChI is InChI=1S/C15H19F3N2O3/c1-9-10(2)22-6-5-20(9)15(21)19-12-4-3-11(16)7-13(12)23-8-14(17)18/h3-4,7,9-10,14H,5-6,8H2,1-2H3,(H,19,21)/t9-,10+/m0/s1. The Labute approximate surface area is 132 Å². The average Bonchev–Trinajstić information content (AvgIpc) is 2.50. The van der Waals surface area contributed by atoms with Crippen LogP contribution in [0.1, 0.15) is 13.8 Å². The van der Waals surface area contributed by atoms with Crippen molar-refractivity contribution in [3.8, 4) is 5.75 Å². The number of alkyl halides is 2. The number of benzene rings is 1. The lowest BCUT2D eigenvalue weighted by molar-refractivity contribution is -0.0355. The second kappa shape index (κ2) is 7.54. The Morgan fingerprint density at radius 2 is 2.22 bits per heavy atom. The van der Waals surface area contributed by atoms with Gasteiger partial charge in [-0.2, -0.15) is 0 Å². The van der Waals surface area contributed by atoms with E-state index in [0.717, 1.165) is 12.1 Å². The van der Waals surface area contributed by atoms with Crippen molar-refractivity contribution in [3.05, 3.63) is 24.0 Å². The Morgan fingerprint density at radius 3 is 2.91 bits per heavy atom. The van der Waals surface area contributed by atoms with Gasteiger partial charge in [0.15, 0.2) is 0 Å². The predicted molar refractivity (Wildman–Crippen MR) is 78.5 cm³/mol. The number of carbonyl (C=O) groups is 1. The van der Waals surface area contributed by atoms with Crippen molar-refractivity contribution in [2.45, 2.75) is 32.4 Å². The number of ether oxygens (including phenoxy) is 2. The second-order valence-corrected chi connectivity index (χ2v) is 5.28. The molecule has 1 N–H and O–H groups in total. The summed E-state index contributed by atoms with van der Waals surface area (Å²) in [5, 5.41) is 2.58. The zero-order chi connectivity index (χ0) is 17.0. The van der Waals surface area contributed by atoms with Crippen molar-refractivity contribution in [1.29, 1.82) is 0 Å². The van der Waals surface area contributed by atoms with E-state index in [2.05, 4.69) is 5.32 Å². The van der Waals surface area contributed by atoms with Gasteiger partial charge in [-0.1, -0.05) is 0 Å². The third-order valence-electron chi connectivity index (χ3n) is 3.69. The van der Waals surface area contributed by atoms with E-state index in [1.54, 1.807) is 4.90 Å². The van der Waals surface area contributed by atoms with Gasteiger partial charge >= 0.3 is 6.03 Å². The summed E-state index contributed by atoms with van der Waals surface area (Å²) < 4.78 is 48.1. The van der Waals surface area contributed by atoms with Crippen LogP contribution < -0.4 is 10.1 Å². The van der Waals surface area contributed by atoms with E-state index >= 15 is 0 Å². The molecular weight excluding hydrogens is 313 g/mol. The minimum absolute atomic E-state index is 0.114. The van der Waals surface area contributed by atoms with Crippen LogP contribution in [0.3, 0.4) is 0 Å². The maximum atomic E-state index is 13.3. The summed E-state index contributed by atoms with van der Waals surface area (Å²) in [5.41, 5.74) is 0.142. The summed E-state index contributed by atoms with van der Waals surface area (Å²) in [5.74, 6) is -0.770. The lowest BCUT2D eigenvalue weighted by Crippen LogP contribution is -2.52. The molecule has 128 valence electrons. The number of urea groups is 1. The van der Waals surface area contributed by atoms with Crippen LogP contribution in [-0.4, -0.2) is 49.3 Å². The smallest absolute Gasteiger partial charge is 0.322 e. The fourth-order valence-electron chi connectivity index (χ4n) is 2.28. The number of halogens is 3. The molecule has 1 aliphatic heterocycles. The van der Waals surface area contributed by atoms with Crippen LogP contribution >= 0.6 is 0 Å². The van der Waals surface area contributed by atoms with Gasteiger partial charge in [0.1, 0.15) is 18.2 Å². The zero-order valence-electron chi connectivity index (χ0n) is 12.9. The molecule has 0 saturated carbocycles. The summed E-state index contributed by atoms with van der Waals surface area (Å²) in [6.45, 7) is 3.65. The van der Waals surface area contributed by atoms with E-state index in [1.807, 2.05) is 13.8 Å². The van der Waals surface area contributed by atoms with Crippen LogP contribution in [0.25, 0.3) is 0 Å². The number of nitrogens with one attached hydrogen (secondary N) is 1. The lowest BCUT2D eigenvalue weighted by Gasteiger charge is -2.37. The minimum Gasteiger partial charge on any atom is -0.485 e. The summed E-state index contributed by atoms with van der Waals surface area (Å²) in [7, 11) is 0. The highest BCUT2D eigenvalue weighted by atomic mass is 19.3. The second-order valence-electron chi connectivity index (χ2n) is 5.28. The van der Waals surface area contributed by atoms with E-state index in [0.29, 0.717) is 13.2 Å². The molecule has 0 aromatic heterocycles. The lowest BCUT2D eigenvalue weighted by atomic mass is 10.1. The van der Waals surface area contributed by atoms with Gasteiger partial charge in [-0.3, -0.25) is 0 Å². The van der Waals surface area contributed by atoms with E-state index in [-0.39, 0.29) is 23.6 Å². The van der Waals surface area contributed by atoms with Gasteiger partial charge in [0.2, 0.25) is 0 Å². The highest BCUT2D eigenvalue weighted by Gasteiger charge is 2.29. The highest BCUT2D eigenvalue weighted by Crippen LogP contribution is 2.27. The van der Waals surface area contributed by atoms with E-state index in [4.69, 9.17) is 9.47 Å². The van der Waals surface area contributed by atoms with Crippen molar-refractivity contribution < 1.29 is 27.4 Å². The topological polar surface area (TPSA) is 50.8 Å². The minimum atomic E-state index is -2.69. The molecule has 0 spiro atoms. The fourth-order valence-corrected chi connectivity index (χ4v) is 2.28. The van der Waals surface area contributed by atoms with Gasteiger partial charge in [0.05, 0.1) is 24.4 Å². The van der Waals surface area contributed by atoms with Crippen molar-refractivity contribution in [2.24, 2.45) is 0 Å². The highest BCUT2D eigenvalue weighted by molar-refractivity contribution is 5.91. The molecule has 0 radical (unpaired) electrons. The maximum absolute atomic E-state index is 13.3. The Bertz CT molecular complexity index is 557. The molecule has 0 bridgehead atoms. The van der Waals surface area contributed by atoms with Gasteiger partial charge in [0, 0.05) is 12.6 Å². The number of amides is 2.